The lowest BCUT2D eigenvalue weighted by Crippen LogP contribution is -2.36. The molecular formula is C10H19N3O. The first kappa shape index (κ1) is 11.2. The van der Waals surface area contributed by atoms with Gasteiger partial charge in [-0.25, -0.2) is 4.98 Å². The third kappa shape index (κ3) is 3.12. The molecular weight excluding hydrogens is 178 g/mol. The Balaban J connectivity index is 2.32. The van der Waals surface area contributed by atoms with Crippen LogP contribution in [0.4, 0.5) is 0 Å². The molecule has 1 heterocycles. The zero-order chi connectivity index (χ0) is 10.6. The molecule has 0 atom stereocenters. The van der Waals surface area contributed by atoms with E-state index in [1.54, 1.807) is 13.3 Å². The summed E-state index contributed by atoms with van der Waals surface area (Å²) >= 11 is 0. The number of hydrogen-bond acceptors (Lipinski definition) is 3. The van der Waals surface area contributed by atoms with Crippen molar-refractivity contribution < 1.29 is 4.74 Å². The maximum Gasteiger partial charge on any atom is 0.122 e. The number of nitrogens with one attached hydrogen (secondary N) is 1. The fourth-order valence-electron chi connectivity index (χ4n) is 1.11. The van der Waals surface area contributed by atoms with E-state index in [0.717, 1.165) is 18.9 Å². The lowest BCUT2D eigenvalue weighted by molar-refractivity contribution is 0.0229. The second-order valence-electron chi connectivity index (χ2n) is 4.02. The maximum atomic E-state index is 5.30. The third-order valence-electron chi connectivity index (χ3n) is 2.31. The van der Waals surface area contributed by atoms with E-state index in [1.165, 1.54) is 0 Å². The number of nitrogens with zero attached hydrogens (tertiary/aromatic N) is 2. The van der Waals surface area contributed by atoms with Crippen LogP contribution in [0.15, 0.2) is 12.4 Å². The van der Waals surface area contributed by atoms with E-state index < -0.39 is 0 Å². The Morgan fingerprint density at radius 2 is 2.29 bits per heavy atom. The number of aryl methyl sites for hydroxylation is 1. The van der Waals surface area contributed by atoms with Gasteiger partial charge in [-0.1, -0.05) is 0 Å². The van der Waals surface area contributed by atoms with Gasteiger partial charge in [0.05, 0.1) is 12.1 Å². The van der Waals surface area contributed by atoms with Crippen molar-refractivity contribution in [1.29, 1.82) is 0 Å². The van der Waals surface area contributed by atoms with Gasteiger partial charge in [0, 0.05) is 33.1 Å². The van der Waals surface area contributed by atoms with Gasteiger partial charge in [0.15, 0.2) is 0 Å². The fourth-order valence-corrected chi connectivity index (χ4v) is 1.11. The van der Waals surface area contributed by atoms with Crippen LogP contribution in [0.5, 0.6) is 0 Å². The normalized spacial score (nSPS) is 12.0. The van der Waals surface area contributed by atoms with Gasteiger partial charge in [-0.3, -0.25) is 0 Å². The Kier molecular flexibility index (Phi) is 3.66. The summed E-state index contributed by atoms with van der Waals surface area (Å²) in [6.45, 7) is 5.70. The van der Waals surface area contributed by atoms with E-state index in [-0.39, 0.29) is 5.60 Å². The molecule has 0 spiro atoms. The minimum Gasteiger partial charge on any atom is -0.377 e. The second kappa shape index (κ2) is 4.57. The van der Waals surface area contributed by atoms with Gasteiger partial charge >= 0.3 is 0 Å². The number of ether oxygens (including phenoxy) is 1. The van der Waals surface area contributed by atoms with E-state index in [4.69, 9.17) is 4.74 Å². The first-order valence-electron chi connectivity index (χ1n) is 4.77. The highest BCUT2D eigenvalue weighted by Crippen LogP contribution is 2.05. The van der Waals surface area contributed by atoms with E-state index in [0.29, 0.717) is 0 Å². The zero-order valence-electron chi connectivity index (χ0n) is 9.37. The average molecular weight is 197 g/mol. The molecule has 0 bridgehead atoms. The first-order valence-corrected chi connectivity index (χ1v) is 4.77. The van der Waals surface area contributed by atoms with Crippen LogP contribution >= 0.6 is 0 Å². The fraction of sp³-hybridized carbons (Fsp3) is 0.700. The molecule has 0 amide bonds. The average Bonchev–Trinajstić information content (AvgIpc) is 2.52. The van der Waals surface area contributed by atoms with Gasteiger partial charge in [-0.15, -0.1) is 0 Å². The predicted molar refractivity (Wildman–Crippen MR) is 56.0 cm³/mol. The van der Waals surface area contributed by atoms with Crippen molar-refractivity contribution in [2.24, 2.45) is 7.05 Å². The highest BCUT2D eigenvalue weighted by molar-refractivity contribution is 4.90. The SMILES string of the molecule is COC(C)(C)CNCc1nccn1C. The lowest BCUT2D eigenvalue weighted by atomic mass is 10.1. The molecule has 1 N–H and O–H groups in total. The molecule has 0 saturated heterocycles. The van der Waals surface area contributed by atoms with Crippen molar-refractivity contribution in [3.8, 4) is 0 Å². The Hall–Kier alpha value is -0.870. The maximum absolute atomic E-state index is 5.30. The van der Waals surface area contributed by atoms with Gasteiger partial charge in [-0.05, 0) is 13.8 Å². The Bertz CT molecular complexity index is 281. The van der Waals surface area contributed by atoms with E-state index >= 15 is 0 Å². The molecule has 0 aliphatic rings. The van der Waals surface area contributed by atoms with Gasteiger partial charge in [0.1, 0.15) is 5.82 Å². The highest BCUT2D eigenvalue weighted by Gasteiger charge is 2.15. The van der Waals surface area contributed by atoms with Crippen molar-refractivity contribution in [3.05, 3.63) is 18.2 Å². The molecule has 0 radical (unpaired) electrons. The van der Waals surface area contributed by atoms with Gasteiger partial charge in [0.2, 0.25) is 0 Å². The number of methoxy groups -OCH3 is 1. The van der Waals surface area contributed by atoms with Crippen LogP contribution in [0.2, 0.25) is 0 Å². The van der Waals surface area contributed by atoms with Crippen molar-refractivity contribution in [2.45, 2.75) is 26.0 Å². The standard InChI is InChI=1S/C10H19N3O/c1-10(2,14-4)8-11-7-9-12-5-6-13(9)3/h5-6,11H,7-8H2,1-4H3. The lowest BCUT2D eigenvalue weighted by Gasteiger charge is -2.23. The molecule has 0 aromatic carbocycles. The molecule has 0 saturated carbocycles. The predicted octanol–water partition coefficient (Wildman–Crippen LogP) is 0.935. The third-order valence-corrected chi connectivity index (χ3v) is 2.31. The first-order chi connectivity index (χ1) is 6.55. The molecule has 1 aromatic heterocycles. The summed E-state index contributed by atoms with van der Waals surface area (Å²) in [5, 5.41) is 3.31. The van der Waals surface area contributed by atoms with Gasteiger partial charge < -0.3 is 14.6 Å². The summed E-state index contributed by atoms with van der Waals surface area (Å²) in [5.74, 6) is 1.04. The summed E-state index contributed by atoms with van der Waals surface area (Å²) in [7, 11) is 3.72. The molecule has 80 valence electrons. The van der Waals surface area contributed by atoms with Crippen LogP contribution in [0.3, 0.4) is 0 Å². The molecule has 4 heteroatoms. The van der Waals surface area contributed by atoms with Crippen LogP contribution in [0, 0.1) is 0 Å². The Morgan fingerprint density at radius 3 is 2.79 bits per heavy atom. The van der Waals surface area contributed by atoms with Crippen molar-refractivity contribution in [2.75, 3.05) is 13.7 Å². The molecule has 4 nitrogen and oxygen atoms in total. The molecule has 0 aliphatic heterocycles. The molecule has 0 fully saturated rings. The van der Waals surface area contributed by atoms with Gasteiger partial charge in [0.25, 0.3) is 0 Å². The van der Waals surface area contributed by atoms with Crippen LogP contribution in [-0.4, -0.2) is 28.8 Å². The monoisotopic (exact) mass is 197 g/mol. The van der Waals surface area contributed by atoms with Crippen LogP contribution in [-0.2, 0) is 18.3 Å². The van der Waals surface area contributed by atoms with E-state index in [2.05, 4.69) is 24.1 Å². The quantitative estimate of drug-likeness (QED) is 0.763. The topological polar surface area (TPSA) is 39.1 Å². The van der Waals surface area contributed by atoms with Crippen LogP contribution < -0.4 is 5.32 Å². The Morgan fingerprint density at radius 1 is 1.57 bits per heavy atom. The van der Waals surface area contributed by atoms with Gasteiger partial charge in [-0.2, -0.15) is 0 Å². The number of hydrogen-bond donors (Lipinski definition) is 1. The Labute approximate surface area is 85.3 Å². The number of rotatable bonds is 5. The molecule has 0 aliphatic carbocycles. The van der Waals surface area contributed by atoms with E-state index in [1.807, 2.05) is 17.8 Å². The molecule has 14 heavy (non-hydrogen) atoms. The van der Waals surface area contributed by atoms with Crippen molar-refractivity contribution in [1.82, 2.24) is 14.9 Å². The molecule has 1 rings (SSSR count). The molecule has 1 aromatic rings. The summed E-state index contributed by atoms with van der Waals surface area (Å²) < 4.78 is 7.30. The smallest absolute Gasteiger partial charge is 0.122 e. The largest absolute Gasteiger partial charge is 0.377 e. The minimum atomic E-state index is -0.120. The zero-order valence-corrected chi connectivity index (χ0v) is 9.37. The van der Waals surface area contributed by atoms with E-state index in [9.17, 15) is 0 Å². The number of imidazole rings is 1. The summed E-state index contributed by atoms with van der Waals surface area (Å²) in [4.78, 5) is 4.22. The van der Waals surface area contributed by atoms with Crippen molar-refractivity contribution >= 4 is 0 Å². The second-order valence-corrected chi connectivity index (χ2v) is 4.02. The minimum absolute atomic E-state index is 0.120. The summed E-state index contributed by atoms with van der Waals surface area (Å²) in [6.07, 6.45) is 3.75. The highest BCUT2D eigenvalue weighted by atomic mass is 16.5. The summed E-state index contributed by atoms with van der Waals surface area (Å²) in [6, 6.07) is 0. The van der Waals surface area contributed by atoms with Crippen LogP contribution in [0.25, 0.3) is 0 Å². The summed E-state index contributed by atoms with van der Waals surface area (Å²) in [5.41, 5.74) is -0.120. The number of aromatic nitrogens is 2. The molecule has 0 unspecified atom stereocenters. The van der Waals surface area contributed by atoms with Crippen LogP contribution in [0.1, 0.15) is 19.7 Å². The van der Waals surface area contributed by atoms with Crippen molar-refractivity contribution in [3.63, 3.8) is 0 Å².